The van der Waals surface area contributed by atoms with Crippen molar-refractivity contribution in [3.63, 3.8) is 0 Å². The zero-order chi connectivity index (χ0) is 15.9. The normalized spacial score (nSPS) is 15.8. The van der Waals surface area contributed by atoms with Crippen LogP contribution in [0.2, 0.25) is 0 Å². The van der Waals surface area contributed by atoms with Crippen molar-refractivity contribution in [2.45, 2.75) is 50.1 Å². The minimum absolute atomic E-state index is 0.0745. The Morgan fingerprint density at radius 1 is 1.41 bits per heavy atom. The average Bonchev–Trinajstić information content (AvgIpc) is 3.17. The van der Waals surface area contributed by atoms with Crippen LogP contribution in [-0.4, -0.2) is 41.1 Å². The summed E-state index contributed by atoms with van der Waals surface area (Å²) < 4.78 is 3.57. The molecule has 1 N–H and O–H groups in total. The van der Waals surface area contributed by atoms with Gasteiger partial charge in [0.15, 0.2) is 0 Å². The molecule has 1 atom stereocenters. The quantitative estimate of drug-likeness (QED) is 0.839. The van der Waals surface area contributed by atoms with Gasteiger partial charge in [-0.2, -0.15) is 5.10 Å². The standard InChI is InChI=1S/C13H19N7OS/c1-7-11(8(2)19(4)16-7)14-12(21)9(3)22-13-15-17-18-20(13)10-5-6-10/h9-10H,5-6H2,1-4H3,(H,14,21)/t9-/m0/s1. The van der Waals surface area contributed by atoms with Crippen molar-refractivity contribution < 1.29 is 4.79 Å². The molecule has 0 aliphatic heterocycles. The summed E-state index contributed by atoms with van der Waals surface area (Å²) in [5.41, 5.74) is 2.53. The molecule has 2 heterocycles. The van der Waals surface area contributed by atoms with E-state index in [4.69, 9.17) is 0 Å². The van der Waals surface area contributed by atoms with Crippen molar-refractivity contribution in [1.29, 1.82) is 0 Å². The Labute approximate surface area is 132 Å². The number of nitrogens with one attached hydrogen (secondary N) is 1. The molecule has 118 valence electrons. The molecule has 1 fully saturated rings. The van der Waals surface area contributed by atoms with Crippen LogP contribution in [0.1, 0.15) is 37.2 Å². The smallest absolute Gasteiger partial charge is 0.237 e. The van der Waals surface area contributed by atoms with E-state index in [0.29, 0.717) is 11.2 Å². The SMILES string of the molecule is Cc1nn(C)c(C)c1NC(=O)[C@H](C)Sc1nnnn1C1CC1. The van der Waals surface area contributed by atoms with Gasteiger partial charge in [-0.05, 0) is 44.0 Å². The second-order valence-corrected chi connectivity index (χ2v) is 6.86. The maximum Gasteiger partial charge on any atom is 0.237 e. The van der Waals surface area contributed by atoms with E-state index in [1.165, 1.54) is 11.8 Å². The fourth-order valence-electron chi connectivity index (χ4n) is 2.20. The number of amides is 1. The van der Waals surface area contributed by atoms with Gasteiger partial charge in [0.25, 0.3) is 0 Å². The van der Waals surface area contributed by atoms with Gasteiger partial charge in [-0.3, -0.25) is 9.48 Å². The van der Waals surface area contributed by atoms with Crippen LogP contribution in [0.5, 0.6) is 0 Å². The monoisotopic (exact) mass is 321 g/mol. The van der Waals surface area contributed by atoms with Crippen LogP contribution in [0, 0.1) is 13.8 Å². The Kier molecular flexibility index (Phi) is 3.90. The molecule has 0 spiro atoms. The summed E-state index contributed by atoms with van der Waals surface area (Å²) in [7, 11) is 1.86. The van der Waals surface area contributed by atoms with E-state index in [0.717, 1.165) is 29.9 Å². The molecular formula is C13H19N7OS. The van der Waals surface area contributed by atoms with Crippen molar-refractivity contribution >= 4 is 23.4 Å². The van der Waals surface area contributed by atoms with Crippen LogP contribution in [0.4, 0.5) is 5.69 Å². The van der Waals surface area contributed by atoms with E-state index in [1.54, 1.807) is 4.68 Å². The number of carbonyl (C=O) groups excluding carboxylic acids is 1. The fourth-order valence-corrected chi connectivity index (χ4v) is 3.06. The lowest BCUT2D eigenvalue weighted by atomic mass is 10.3. The van der Waals surface area contributed by atoms with Crippen molar-refractivity contribution in [1.82, 2.24) is 30.0 Å². The molecule has 2 aromatic heterocycles. The number of aryl methyl sites for hydroxylation is 2. The van der Waals surface area contributed by atoms with Gasteiger partial charge in [-0.1, -0.05) is 11.8 Å². The molecule has 3 rings (SSSR count). The van der Waals surface area contributed by atoms with Gasteiger partial charge in [0.05, 0.1) is 28.4 Å². The molecule has 9 heteroatoms. The van der Waals surface area contributed by atoms with Crippen molar-refractivity contribution in [2.24, 2.45) is 7.05 Å². The summed E-state index contributed by atoms with van der Waals surface area (Å²) in [5, 5.41) is 19.4. The molecule has 0 bridgehead atoms. The maximum absolute atomic E-state index is 12.4. The van der Waals surface area contributed by atoms with Crippen molar-refractivity contribution in [2.75, 3.05) is 5.32 Å². The zero-order valence-electron chi connectivity index (χ0n) is 13.1. The first-order chi connectivity index (χ1) is 10.5. The Bertz CT molecular complexity index is 703. The summed E-state index contributed by atoms with van der Waals surface area (Å²) >= 11 is 1.38. The highest BCUT2D eigenvalue weighted by Crippen LogP contribution is 2.37. The Morgan fingerprint density at radius 2 is 2.14 bits per heavy atom. The van der Waals surface area contributed by atoms with E-state index in [9.17, 15) is 4.79 Å². The van der Waals surface area contributed by atoms with Crippen LogP contribution in [-0.2, 0) is 11.8 Å². The molecule has 0 saturated heterocycles. The Balaban J connectivity index is 1.68. The summed E-state index contributed by atoms with van der Waals surface area (Å²) in [5.74, 6) is -0.0745. The summed E-state index contributed by atoms with van der Waals surface area (Å²) in [6.07, 6.45) is 2.21. The number of nitrogens with zero attached hydrogens (tertiary/aromatic N) is 6. The lowest BCUT2D eigenvalue weighted by molar-refractivity contribution is -0.115. The highest BCUT2D eigenvalue weighted by Gasteiger charge is 2.29. The van der Waals surface area contributed by atoms with Gasteiger partial charge in [0.2, 0.25) is 11.1 Å². The predicted octanol–water partition coefficient (Wildman–Crippen LogP) is 1.48. The topological polar surface area (TPSA) is 90.5 Å². The fraction of sp³-hybridized carbons (Fsp3) is 0.615. The number of rotatable bonds is 5. The van der Waals surface area contributed by atoms with Crippen LogP contribution in [0.25, 0.3) is 0 Å². The lowest BCUT2D eigenvalue weighted by Crippen LogP contribution is -2.23. The predicted molar refractivity (Wildman–Crippen MR) is 82.7 cm³/mol. The van der Waals surface area contributed by atoms with Gasteiger partial charge in [-0.15, -0.1) is 5.10 Å². The second-order valence-electron chi connectivity index (χ2n) is 5.56. The minimum atomic E-state index is -0.289. The van der Waals surface area contributed by atoms with Crippen molar-refractivity contribution in [3.8, 4) is 0 Å². The number of aromatic nitrogens is 6. The first-order valence-corrected chi connectivity index (χ1v) is 8.11. The molecule has 1 saturated carbocycles. The van der Waals surface area contributed by atoms with E-state index < -0.39 is 0 Å². The molecule has 22 heavy (non-hydrogen) atoms. The number of carbonyl (C=O) groups is 1. The van der Waals surface area contributed by atoms with Crippen LogP contribution in [0.15, 0.2) is 5.16 Å². The van der Waals surface area contributed by atoms with Crippen LogP contribution >= 0.6 is 11.8 Å². The molecule has 0 radical (unpaired) electrons. The molecule has 8 nitrogen and oxygen atoms in total. The van der Waals surface area contributed by atoms with E-state index >= 15 is 0 Å². The van der Waals surface area contributed by atoms with Gasteiger partial charge >= 0.3 is 0 Å². The van der Waals surface area contributed by atoms with Gasteiger partial charge < -0.3 is 5.32 Å². The number of hydrogen-bond acceptors (Lipinski definition) is 6. The summed E-state index contributed by atoms with van der Waals surface area (Å²) in [6.45, 7) is 5.67. The largest absolute Gasteiger partial charge is 0.322 e. The summed E-state index contributed by atoms with van der Waals surface area (Å²) in [4.78, 5) is 12.4. The Hall–Kier alpha value is -1.90. The average molecular weight is 321 g/mol. The molecule has 1 aliphatic carbocycles. The van der Waals surface area contributed by atoms with Gasteiger partial charge in [-0.25, -0.2) is 4.68 Å². The lowest BCUT2D eigenvalue weighted by Gasteiger charge is -2.11. The third-order valence-corrected chi connectivity index (χ3v) is 4.81. The van der Waals surface area contributed by atoms with E-state index in [-0.39, 0.29) is 11.2 Å². The Morgan fingerprint density at radius 3 is 2.73 bits per heavy atom. The highest BCUT2D eigenvalue weighted by molar-refractivity contribution is 8.00. The van der Waals surface area contributed by atoms with E-state index in [2.05, 4.69) is 25.9 Å². The van der Waals surface area contributed by atoms with Gasteiger partial charge in [0, 0.05) is 7.05 Å². The highest BCUT2D eigenvalue weighted by atomic mass is 32.2. The zero-order valence-corrected chi connectivity index (χ0v) is 13.9. The first kappa shape index (κ1) is 15.0. The molecule has 1 amide bonds. The molecular weight excluding hydrogens is 302 g/mol. The van der Waals surface area contributed by atoms with E-state index in [1.807, 2.05) is 32.5 Å². The third kappa shape index (κ3) is 2.85. The second kappa shape index (κ2) is 5.71. The summed E-state index contributed by atoms with van der Waals surface area (Å²) in [6, 6.07) is 0.399. The molecule has 2 aromatic rings. The number of tetrazole rings is 1. The minimum Gasteiger partial charge on any atom is -0.322 e. The number of anilines is 1. The maximum atomic E-state index is 12.4. The number of hydrogen-bond donors (Lipinski definition) is 1. The van der Waals surface area contributed by atoms with Gasteiger partial charge in [0.1, 0.15) is 0 Å². The number of thioether (sulfide) groups is 1. The molecule has 0 unspecified atom stereocenters. The first-order valence-electron chi connectivity index (χ1n) is 7.23. The van der Waals surface area contributed by atoms with Crippen molar-refractivity contribution in [3.05, 3.63) is 11.4 Å². The van der Waals surface area contributed by atoms with Crippen LogP contribution in [0.3, 0.4) is 0 Å². The van der Waals surface area contributed by atoms with Crippen LogP contribution < -0.4 is 5.32 Å². The molecule has 0 aromatic carbocycles. The molecule has 1 aliphatic rings. The third-order valence-electron chi connectivity index (χ3n) is 3.76.